The number of alkyl halides is 4. The number of nitrogens with zero attached hydrogens (tertiary/aromatic N) is 12. The van der Waals surface area contributed by atoms with Crippen molar-refractivity contribution in [2.75, 3.05) is 83.5 Å². The van der Waals surface area contributed by atoms with Crippen LogP contribution in [0.4, 0.5) is 52.9 Å². The summed E-state index contributed by atoms with van der Waals surface area (Å²) in [6.45, 7) is -0.265. The largest absolute Gasteiger partial charge is 0.422 e. The lowest BCUT2D eigenvalue weighted by molar-refractivity contribution is -0.0221. The van der Waals surface area contributed by atoms with Crippen LogP contribution in [-0.2, 0) is 18.5 Å². The van der Waals surface area contributed by atoms with Crippen molar-refractivity contribution < 1.29 is 45.8 Å². The number of aromatic nitrogens is 10. The second-order valence-corrected chi connectivity index (χ2v) is 16.8. The number of aliphatic hydroxyl groups excluding tert-OH is 1. The van der Waals surface area contributed by atoms with Crippen molar-refractivity contribution in [2.24, 2.45) is 7.05 Å². The van der Waals surface area contributed by atoms with Crippen molar-refractivity contribution in [3.63, 3.8) is 0 Å². The Balaban J connectivity index is 0.767. The number of halogens is 4. The lowest BCUT2D eigenvalue weighted by Gasteiger charge is -2.33. The second kappa shape index (κ2) is 19.3. The number of oxazole rings is 2. The van der Waals surface area contributed by atoms with Crippen molar-refractivity contribution >= 4 is 69.6 Å². The van der Waals surface area contributed by atoms with Crippen LogP contribution in [0.2, 0.25) is 0 Å². The van der Waals surface area contributed by atoms with Crippen molar-refractivity contribution in [1.29, 1.82) is 0 Å². The van der Waals surface area contributed by atoms with Crippen LogP contribution in [-0.4, -0.2) is 131 Å². The first-order valence-electron chi connectivity index (χ1n) is 22.4. The number of hydrogen-bond donors (Lipinski definition) is 5. The quantitative estimate of drug-likeness (QED) is 0.0526. The molecule has 368 valence electrons. The van der Waals surface area contributed by atoms with Gasteiger partial charge in [0, 0.05) is 94.7 Å². The Morgan fingerprint density at radius 3 is 1.82 bits per heavy atom. The summed E-state index contributed by atoms with van der Waals surface area (Å²) in [4.78, 5) is 57.4. The Morgan fingerprint density at radius 1 is 0.704 bits per heavy atom. The van der Waals surface area contributed by atoms with Gasteiger partial charge in [-0.1, -0.05) is 12.1 Å². The Kier molecular flexibility index (Phi) is 12.6. The Labute approximate surface area is 399 Å². The number of carbonyl (C=O) groups is 2. The van der Waals surface area contributed by atoms with E-state index in [1.807, 2.05) is 0 Å². The lowest BCUT2D eigenvalue weighted by Crippen LogP contribution is -2.40. The smallest absolute Gasteiger partial charge is 0.297 e. The summed E-state index contributed by atoms with van der Waals surface area (Å²) in [6.07, 6.45) is 5.51. The van der Waals surface area contributed by atoms with Gasteiger partial charge in [0.1, 0.15) is 30.0 Å². The highest BCUT2D eigenvalue weighted by Crippen LogP contribution is 2.36. The molecule has 0 spiro atoms. The second-order valence-electron chi connectivity index (χ2n) is 16.8. The number of rotatable bonds is 17. The molecule has 8 aromatic heterocycles. The van der Waals surface area contributed by atoms with Crippen molar-refractivity contribution in [2.45, 2.75) is 37.8 Å². The fourth-order valence-electron chi connectivity index (χ4n) is 8.01. The average molecular weight is 981 g/mol. The molecule has 2 saturated heterocycles. The molecule has 22 nitrogen and oxygen atoms in total. The molecule has 10 rings (SSSR count). The molecule has 26 heteroatoms. The summed E-state index contributed by atoms with van der Waals surface area (Å²) in [5.41, 5.74) is 3.08. The van der Waals surface area contributed by atoms with E-state index >= 15 is 0 Å². The Bertz CT molecular complexity index is 3240. The van der Waals surface area contributed by atoms with Crippen LogP contribution in [0.1, 0.15) is 40.0 Å². The third-order valence-corrected chi connectivity index (χ3v) is 11.5. The topological polar surface area (TPSA) is 257 Å². The summed E-state index contributed by atoms with van der Waals surface area (Å²) in [7, 11) is 1.78. The molecule has 8 aromatic rings. The number of piperidine rings is 1. The molecule has 10 heterocycles. The maximum atomic E-state index is 14.4. The molecular formula is C45H44F4N16O6. The predicted octanol–water partition coefficient (Wildman–Crippen LogP) is 5.89. The minimum Gasteiger partial charge on any atom is -0.422 e. The normalized spacial score (nSPS) is 15.4. The molecule has 0 atom stereocenters. The monoisotopic (exact) mass is 980 g/mol. The van der Waals surface area contributed by atoms with E-state index in [1.54, 1.807) is 82.5 Å². The molecule has 0 radical (unpaired) electrons. The van der Waals surface area contributed by atoms with Crippen LogP contribution in [0.3, 0.4) is 0 Å². The number of carbonyl (C=O) groups excluding carboxylic acids is 2. The Morgan fingerprint density at radius 2 is 1.25 bits per heavy atom. The van der Waals surface area contributed by atoms with Gasteiger partial charge in [-0.05, 0) is 24.3 Å². The zero-order valence-corrected chi connectivity index (χ0v) is 37.8. The number of hydrogen-bond acceptors (Lipinski definition) is 18. The van der Waals surface area contributed by atoms with Gasteiger partial charge in [-0.25, -0.2) is 42.2 Å². The van der Waals surface area contributed by atoms with E-state index in [4.69, 9.17) is 13.6 Å². The van der Waals surface area contributed by atoms with Gasteiger partial charge in [0.15, 0.2) is 11.2 Å². The summed E-state index contributed by atoms with van der Waals surface area (Å²) in [5.74, 6) is -6.38. The van der Waals surface area contributed by atoms with Gasteiger partial charge in [-0.15, -0.1) is 0 Å². The summed E-state index contributed by atoms with van der Waals surface area (Å²) >= 11 is 0. The van der Waals surface area contributed by atoms with E-state index in [2.05, 4.69) is 61.4 Å². The number of nitrogens with one attached hydrogen (secondary N) is 4. The fraction of sp³-hybridized carbons (Fsp3) is 0.333. The van der Waals surface area contributed by atoms with E-state index < -0.39 is 49.5 Å². The molecule has 0 aromatic carbocycles. The van der Waals surface area contributed by atoms with Crippen LogP contribution >= 0.6 is 0 Å². The molecule has 5 N–H and O–H groups in total. The van der Waals surface area contributed by atoms with Gasteiger partial charge in [0.05, 0.1) is 54.7 Å². The van der Waals surface area contributed by atoms with Gasteiger partial charge in [0.2, 0.25) is 11.3 Å². The van der Waals surface area contributed by atoms with Gasteiger partial charge in [-0.2, -0.15) is 20.2 Å². The number of ether oxygens (including phenoxy) is 1. The van der Waals surface area contributed by atoms with Gasteiger partial charge >= 0.3 is 0 Å². The fourth-order valence-corrected chi connectivity index (χ4v) is 8.01. The third-order valence-electron chi connectivity index (χ3n) is 11.5. The highest BCUT2D eigenvalue weighted by Gasteiger charge is 2.40. The molecule has 0 saturated carbocycles. The van der Waals surface area contributed by atoms with E-state index in [9.17, 15) is 32.3 Å². The van der Waals surface area contributed by atoms with Crippen LogP contribution in [0.25, 0.3) is 45.0 Å². The standard InChI is InChI=1S/C45H44F4N16O6/c1-62-22-26(20-52-62)30-4-2-6-34(54-30)57-41(68)29-19-33-37(59-39(29)64-15-10-45(48,49)24-64)61-43(71-33)51-12-17-69-25-65-23-27(21-53-65)31-5-3-7-35(55-31)56-40(67)28-18-32-36(60-42(70-32)50-11-16-66)58-38(28)63-13-8-44(46,47)9-14-63/h2-7,18-23,66H,8-17,24-25H2,1H3,(H,50,58,60)(H,51,59,61)(H,54,57,68)(H,55,56,67). The summed E-state index contributed by atoms with van der Waals surface area (Å²) in [5, 5.41) is 29.1. The molecule has 0 aliphatic carbocycles. The highest BCUT2D eigenvalue weighted by atomic mass is 19.3. The molecule has 2 aliphatic heterocycles. The highest BCUT2D eigenvalue weighted by molar-refractivity contribution is 6.09. The molecular weight excluding hydrogens is 937 g/mol. The number of aryl methyl sites for hydroxylation is 1. The number of pyridine rings is 4. The predicted molar refractivity (Wildman–Crippen MR) is 250 cm³/mol. The van der Waals surface area contributed by atoms with E-state index in [0.717, 1.165) is 5.56 Å². The molecule has 2 fully saturated rings. The first-order valence-corrected chi connectivity index (χ1v) is 22.4. The van der Waals surface area contributed by atoms with Crippen LogP contribution in [0.5, 0.6) is 0 Å². The summed E-state index contributed by atoms with van der Waals surface area (Å²) < 4.78 is 77.6. The number of amides is 2. The van der Waals surface area contributed by atoms with Crippen molar-refractivity contribution in [1.82, 2.24) is 49.5 Å². The maximum Gasteiger partial charge on any atom is 0.297 e. The SMILES string of the molecule is Cn1cc(-c2cccc(NC(=O)c3cc4oc(NCCOCn5cc(-c6cccc(NC(=O)c7cc8oc(NCCO)nc8nc7N7CCC(F)(F)CC7)n6)cn5)nc4nc3N3CCC(F)(F)C3)n2)cn1. The summed E-state index contributed by atoms with van der Waals surface area (Å²) in [6, 6.07) is 13.2. The van der Waals surface area contributed by atoms with Crippen molar-refractivity contribution in [3.8, 4) is 22.5 Å². The van der Waals surface area contributed by atoms with Crippen LogP contribution in [0.15, 0.2) is 82.2 Å². The molecule has 71 heavy (non-hydrogen) atoms. The van der Waals surface area contributed by atoms with Crippen molar-refractivity contribution in [3.05, 3.63) is 84.4 Å². The first-order chi connectivity index (χ1) is 34.2. The van der Waals surface area contributed by atoms with E-state index in [0.29, 0.717) is 17.0 Å². The van der Waals surface area contributed by atoms with Crippen LogP contribution < -0.4 is 31.1 Å². The lowest BCUT2D eigenvalue weighted by atomic mass is 10.1. The third kappa shape index (κ3) is 10.5. The van der Waals surface area contributed by atoms with E-state index in [1.165, 1.54) is 17.0 Å². The molecule has 0 unspecified atom stereocenters. The van der Waals surface area contributed by atoms with Crippen LogP contribution in [0, 0.1) is 0 Å². The first kappa shape index (κ1) is 46.5. The van der Waals surface area contributed by atoms with Gasteiger partial charge in [0.25, 0.3) is 35.7 Å². The minimum atomic E-state index is -2.96. The number of anilines is 6. The average Bonchev–Trinajstić information content (AvgIpc) is 4.21. The molecule has 2 amide bonds. The Hall–Kier alpha value is -8.26. The van der Waals surface area contributed by atoms with Gasteiger partial charge < -0.3 is 49.7 Å². The zero-order valence-electron chi connectivity index (χ0n) is 37.8. The van der Waals surface area contributed by atoms with E-state index in [-0.39, 0.29) is 122 Å². The maximum absolute atomic E-state index is 14.4. The number of fused-ring (bicyclic) bond motifs is 2. The molecule has 0 bridgehead atoms. The zero-order chi connectivity index (χ0) is 49.3. The van der Waals surface area contributed by atoms with Gasteiger partial charge in [-0.3, -0.25) is 14.3 Å². The number of aliphatic hydroxyl groups is 1. The minimum absolute atomic E-state index is 0.00235. The molecule has 2 aliphatic rings.